The van der Waals surface area contributed by atoms with Crippen LogP contribution < -0.4 is 4.74 Å². The van der Waals surface area contributed by atoms with Crippen LogP contribution >= 0.6 is 0 Å². The lowest BCUT2D eigenvalue weighted by molar-refractivity contribution is 0.0635. The molecular weight excluding hydrogens is 296 g/mol. The van der Waals surface area contributed by atoms with Crippen LogP contribution in [-0.2, 0) is 0 Å². The number of hydrogen-bond donors (Lipinski definition) is 1. The summed E-state index contributed by atoms with van der Waals surface area (Å²) >= 11 is 0. The monoisotopic (exact) mass is 316 g/mol. The van der Waals surface area contributed by atoms with Gasteiger partial charge < -0.3 is 19.2 Å². The van der Waals surface area contributed by atoms with Crippen molar-refractivity contribution >= 4 is 5.91 Å². The Kier molecular flexibility index (Phi) is 4.62. The number of pyridine rings is 1. The first-order chi connectivity index (χ1) is 11.2. The van der Waals surface area contributed by atoms with Crippen LogP contribution in [-0.4, -0.2) is 40.6 Å². The maximum Gasteiger partial charge on any atom is 0.272 e. The molecule has 1 aliphatic rings. The van der Waals surface area contributed by atoms with Crippen molar-refractivity contribution in [2.24, 2.45) is 0 Å². The molecule has 1 fully saturated rings. The first-order valence-electron chi connectivity index (χ1n) is 7.71. The lowest BCUT2D eigenvalue weighted by atomic mass is 10.0. The average Bonchev–Trinajstić information content (AvgIpc) is 3.26. The van der Waals surface area contributed by atoms with Crippen LogP contribution in [0.15, 0.2) is 41.1 Å². The van der Waals surface area contributed by atoms with E-state index in [0.717, 1.165) is 12.8 Å². The molecule has 1 saturated heterocycles. The molecule has 0 spiro atoms. The number of carbonyl (C=O) groups is 1. The average molecular weight is 316 g/mol. The molecule has 0 bridgehead atoms. The van der Waals surface area contributed by atoms with Gasteiger partial charge in [0.2, 0.25) is 0 Å². The van der Waals surface area contributed by atoms with E-state index >= 15 is 0 Å². The zero-order valence-corrected chi connectivity index (χ0v) is 13.0. The van der Waals surface area contributed by atoms with Gasteiger partial charge in [-0.05, 0) is 31.0 Å². The second-order valence-electron chi connectivity index (χ2n) is 5.64. The summed E-state index contributed by atoms with van der Waals surface area (Å²) < 4.78 is 10.4. The third kappa shape index (κ3) is 3.37. The molecule has 0 saturated carbocycles. The number of hydrogen-bond acceptors (Lipinski definition) is 5. The van der Waals surface area contributed by atoms with Gasteiger partial charge in [-0.3, -0.25) is 9.78 Å². The summed E-state index contributed by atoms with van der Waals surface area (Å²) in [4.78, 5) is 18.6. The Morgan fingerprint density at radius 1 is 1.57 bits per heavy atom. The smallest absolute Gasteiger partial charge is 0.272 e. The number of rotatable bonds is 5. The molecule has 2 unspecified atom stereocenters. The van der Waals surface area contributed by atoms with Crippen molar-refractivity contribution in [3.8, 4) is 5.75 Å². The van der Waals surface area contributed by atoms with Crippen molar-refractivity contribution in [2.45, 2.75) is 31.4 Å². The van der Waals surface area contributed by atoms with Crippen LogP contribution in [0, 0.1) is 0 Å². The Labute approximate surface area is 134 Å². The van der Waals surface area contributed by atoms with E-state index in [1.165, 1.54) is 6.26 Å². The van der Waals surface area contributed by atoms with Crippen molar-refractivity contribution < 1.29 is 19.1 Å². The summed E-state index contributed by atoms with van der Waals surface area (Å²) in [5.74, 6) is 1.01. The number of carbonyl (C=O) groups excluding carboxylic acids is 1. The molecule has 2 atom stereocenters. The van der Waals surface area contributed by atoms with Crippen molar-refractivity contribution in [1.82, 2.24) is 9.88 Å². The highest BCUT2D eigenvalue weighted by Gasteiger charge is 2.32. The van der Waals surface area contributed by atoms with E-state index in [2.05, 4.69) is 4.98 Å². The van der Waals surface area contributed by atoms with Gasteiger partial charge in [0.05, 0.1) is 13.4 Å². The third-order valence-electron chi connectivity index (χ3n) is 4.19. The lowest BCUT2D eigenvalue weighted by Gasteiger charge is -2.26. The quantitative estimate of drug-likeness (QED) is 0.917. The van der Waals surface area contributed by atoms with Crippen molar-refractivity contribution in [2.75, 3.05) is 13.7 Å². The first-order valence-corrected chi connectivity index (χ1v) is 7.71. The zero-order valence-electron chi connectivity index (χ0n) is 13.0. The molecule has 3 rings (SSSR count). The standard InChI is InChI=1S/C17H20N2O4/c1-22-13-6-7-18-14(11-13)17(21)19-8-2-4-12(19)10-15(20)16-5-3-9-23-16/h3,5-7,9,11-12,15,20H,2,4,8,10H2,1H3. The maximum absolute atomic E-state index is 12.7. The Morgan fingerprint density at radius 2 is 2.43 bits per heavy atom. The Bertz CT molecular complexity index is 656. The second-order valence-corrected chi connectivity index (χ2v) is 5.64. The van der Waals surface area contributed by atoms with Gasteiger partial charge in [0.25, 0.3) is 5.91 Å². The van der Waals surface area contributed by atoms with Gasteiger partial charge in [0.1, 0.15) is 23.3 Å². The van der Waals surface area contributed by atoms with E-state index in [1.54, 1.807) is 42.5 Å². The molecule has 0 aromatic carbocycles. The molecule has 122 valence electrons. The predicted octanol–water partition coefficient (Wildman–Crippen LogP) is 2.41. The SMILES string of the molecule is COc1ccnc(C(=O)N2CCCC2CC(O)c2ccco2)c1. The van der Waals surface area contributed by atoms with Gasteiger partial charge in [0.15, 0.2) is 0 Å². The number of likely N-dealkylation sites (tertiary alicyclic amines) is 1. The van der Waals surface area contributed by atoms with Crippen molar-refractivity contribution in [3.63, 3.8) is 0 Å². The molecule has 0 radical (unpaired) electrons. The molecule has 0 aliphatic carbocycles. The van der Waals surface area contributed by atoms with E-state index in [4.69, 9.17) is 9.15 Å². The number of aromatic nitrogens is 1. The summed E-state index contributed by atoms with van der Waals surface area (Å²) in [6.45, 7) is 0.674. The number of furan rings is 1. The van der Waals surface area contributed by atoms with E-state index in [-0.39, 0.29) is 11.9 Å². The Hall–Kier alpha value is -2.34. The van der Waals surface area contributed by atoms with Crippen molar-refractivity contribution in [1.29, 1.82) is 0 Å². The minimum Gasteiger partial charge on any atom is -0.497 e. The van der Waals surface area contributed by atoms with E-state index in [9.17, 15) is 9.90 Å². The molecule has 2 aromatic rings. The van der Waals surface area contributed by atoms with Gasteiger partial charge in [-0.25, -0.2) is 0 Å². The molecule has 23 heavy (non-hydrogen) atoms. The lowest BCUT2D eigenvalue weighted by Crippen LogP contribution is -2.36. The summed E-state index contributed by atoms with van der Waals surface area (Å²) in [7, 11) is 1.56. The largest absolute Gasteiger partial charge is 0.497 e. The minimum absolute atomic E-state index is 0.0180. The third-order valence-corrected chi connectivity index (χ3v) is 4.19. The normalized spacial score (nSPS) is 18.9. The number of amides is 1. The molecule has 6 heteroatoms. The van der Waals surface area contributed by atoms with Gasteiger partial charge in [-0.15, -0.1) is 0 Å². The number of nitrogens with zero attached hydrogens (tertiary/aromatic N) is 2. The van der Waals surface area contributed by atoms with Crippen LogP contribution in [0.5, 0.6) is 5.75 Å². The van der Waals surface area contributed by atoms with Crippen molar-refractivity contribution in [3.05, 3.63) is 48.2 Å². The molecule has 1 aliphatic heterocycles. The van der Waals surface area contributed by atoms with Crippen LogP contribution in [0.3, 0.4) is 0 Å². The van der Waals surface area contributed by atoms with Crippen LogP contribution in [0.4, 0.5) is 0 Å². The zero-order chi connectivity index (χ0) is 16.2. The topological polar surface area (TPSA) is 75.8 Å². The Morgan fingerprint density at radius 3 is 3.17 bits per heavy atom. The van der Waals surface area contributed by atoms with E-state index in [1.807, 2.05) is 0 Å². The highest BCUT2D eigenvalue weighted by Crippen LogP contribution is 2.28. The summed E-state index contributed by atoms with van der Waals surface area (Å²) in [6, 6.07) is 6.82. The highest BCUT2D eigenvalue weighted by atomic mass is 16.5. The number of aliphatic hydroxyl groups is 1. The minimum atomic E-state index is -0.707. The molecule has 2 aromatic heterocycles. The molecule has 1 N–H and O–H groups in total. The van der Waals surface area contributed by atoms with E-state index in [0.29, 0.717) is 30.2 Å². The highest BCUT2D eigenvalue weighted by molar-refractivity contribution is 5.93. The Balaban J connectivity index is 1.71. The molecule has 3 heterocycles. The predicted molar refractivity (Wildman–Crippen MR) is 83.1 cm³/mol. The second kappa shape index (κ2) is 6.83. The van der Waals surface area contributed by atoms with Crippen LogP contribution in [0.1, 0.15) is 41.6 Å². The van der Waals surface area contributed by atoms with Gasteiger partial charge in [-0.2, -0.15) is 0 Å². The maximum atomic E-state index is 12.7. The molecule has 1 amide bonds. The van der Waals surface area contributed by atoms with Gasteiger partial charge >= 0.3 is 0 Å². The first kappa shape index (κ1) is 15.6. The fraction of sp³-hybridized carbons (Fsp3) is 0.412. The van der Waals surface area contributed by atoms with Gasteiger partial charge in [-0.1, -0.05) is 0 Å². The fourth-order valence-electron chi connectivity index (χ4n) is 3.01. The number of ether oxygens (including phenoxy) is 1. The fourth-order valence-corrected chi connectivity index (χ4v) is 3.01. The van der Waals surface area contributed by atoms with Gasteiger partial charge in [0, 0.05) is 31.3 Å². The van der Waals surface area contributed by atoms with Crippen LogP contribution in [0.25, 0.3) is 0 Å². The number of aliphatic hydroxyl groups excluding tert-OH is 1. The summed E-state index contributed by atoms with van der Waals surface area (Å²) in [6.07, 6.45) is 4.65. The number of methoxy groups -OCH3 is 1. The molecular formula is C17H20N2O4. The van der Waals surface area contributed by atoms with Crippen LogP contribution in [0.2, 0.25) is 0 Å². The summed E-state index contributed by atoms with van der Waals surface area (Å²) in [5, 5.41) is 10.3. The van der Waals surface area contributed by atoms with E-state index < -0.39 is 6.10 Å². The molecule has 6 nitrogen and oxygen atoms in total. The summed E-state index contributed by atoms with van der Waals surface area (Å²) in [5.41, 5.74) is 0.365.